The van der Waals surface area contributed by atoms with Gasteiger partial charge in [0.2, 0.25) is 0 Å². The molecule has 0 saturated heterocycles. The van der Waals surface area contributed by atoms with Gasteiger partial charge in [-0.05, 0) is 37.5 Å². The van der Waals surface area contributed by atoms with Crippen molar-refractivity contribution in [2.45, 2.75) is 32.4 Å². The summed E-state index contributed by atoms with van der Waals surface area (Å²) in [6.07, 6.45) is 1.85. The average molecular weight is 228 g/mol. The van der Waals surface area contributed by atoms with Crippen LogP contribution in [0.15, 0.2) is 24.3 Å². The van der Waals surface area contributed by atoms with Crippen molar-refractivity contribution in [3.8, 4) is 0 Å². The number of aliphatic hydroxyl groups is 1. The van der Waals surface area contributed by atoms with Gasteiger partial charge in [-0.25, -0.2) is 0 Å². The van der Waals surface area contributed by atoms with Crippen molar-refractivity contribution in [3.05, 3.63) is 34.9 Å². The van der Waals surface area contributed by atoms with Crippen molar-refractivity contribution >= 4 is 11.6 Å². The molecule has 15 heavy (non-hydrogen) atoms. The number of hydrogen-bond donors (Lipinski definition) is 2. The highest BCUT2D eigenvalue weighted by molar-refractivity contribution is 6.30. The largest absolute Gasteiger partial charge is 0.396 e. The molecule has 0 aliphatic heterocycles. The Morgan fingerprint density at radius 2 is 2.27 bits per heavy atom. The summed E-state index contributed by atoms with van der Waals surface area (Å²) < 4.78 is 0. The van der Waals surface area contributed by atoms with E-state index in [2.05, 4.69) is 18.3 Å². The Kier molecular flexibility index (Phi) is 5.69. The standard InChI is InChI=1S/C12H18ClNO/c1-10(4-3-7-15)14-9-11-5-2-6-12(13)8-11/h2,5-6,8,10,14-15H,3-4,7,9H2,1H3/t10-/m1/s1. The van der Waals surface area contributed by atoms with E-state index in [1.165, 1.54) is 5.56 Å². The summed E-state index contributed by atoms with van der Waals surface area (Å²) >= 11 is 5.88. The molecular formula is C12H18ClNO. The maximum absolute atomic E-state index is 8.69. The minimum absolute atomic E-state index is 0.267. The lowest BCUT2D eigenvalue weighted by atomic mass is 10.1. The number of rotatable bonds is 6. The van der Waals surface area contributed by atoms with Crippen LogP contribution in [0.3, 0.4) is 0 Å². The lowest BCUT2D eigenvalue weighted by Gasteiger charge is -2.13. The molecule has 0 amide bonds. The van der Waals surface area contributed by atoms with Gasteiger partial charge in [-0.15, -0.1) is 0 Å². The molecule has 0 aliphatic rings. The van der Waals surface area contributed by atoms with Crippen LogP contribution >= 0.6 is 11.6 Å². The van der Waals surface area contributed by atoms with Crippen molar-refractivity contribution in [3.63, 3.8) is 0 Å². The first-order valence-corrected chi connectivity index (χ1v) is 5.69. The molecule has 0 radical (unpaired) electrons. The van der Waals surface area contributed by atoms with Crippen LogP contribution in [0.2, 0.25) is 5.02 Å². The van der Waals surface area contributed by atoms with Gasteiger partial charge in [-0.3, -0.25) is 0 Å². The van der Waals surface area contributed by atoms with Gasteiger partial charge in [-0.2, -0.15) is 0 Å². The predicted molar refractivity (Wildman–Crippen MR) is 64.1 cm³/mol. The third-order valence-electron chi connectivity index (χ3n) is 2.34. The van der Waals surface area contributed by atoms with Crippen LogP contribution in [0.4, 0.5) is 0 Å². The van der Waals surface area contributed by atoms with E-state index in [1.807, 2.05) is 18.2 Å². The fourth-order valence-corrected chi connectivity index (χ4v) is 1.65. The summed E-state index contributed by atoms with van der Waals surface area (Å²) in [5.41, 5.74) is 1.19. The molecule has 2 nitrogen and oxygen atoms in total. The van der Waals surface area contributed by atoms with E-state index < -0.39 is 0 Å². The van der Waals surface area contributed by atoms with Gasteiger partial charge >= 0.3 is 0 Å². The predicted octanol–water partition coefficient (Wildman–Crippen LogP) is 2.59. The van der Waals surface area contributed by atoms with Gasteiger partial charge in [0.05, 0.1) is 0 Å². The number of aliphatic hydroxyl groups excluding tert-OH is 1. The van der Waals surface area contributed by atoms with Crippen molar-refractivity contribution in [2.24, 2.45) is 0 Å². The zero-order chi connectivity index (χ0) is 11.1. The van der Waals surface area contributed by atoms with Gasteiger partial charge < -0.3 is 10.4 Å². The molecule has 0 aromatic heterocycles. The van der Waals surface area contributed by atoms with E-state index in [0.717, 1.165) is 24.4 Å². The highest BCUT2D eigenvalue weighted by atomic mass is 35.5. The van der Waals surface area contributed by atoms with Crippen molar-refractivity contribution in [2.75, 3.05) is 6.61 Å². The van der Waals surface area contributed by atoms with Gasteiger partial charge in [0, 0.05) is 24.2 Å². The first kappa shape index (κ1) is 12.5. The van der Waals surface area contributed by atoms with Crippen molar-refractivity contribution in [1.29, 1.82) is 0 Å². The summed E-state index contributed by atoms with van der Waals surface area (Å²) in [4.78, 5) is 0. The van der Waals surface area contributed by atoms with Crippen LogP contribution in [-0.2, 0) is 6.54 Å². The molecule has 1 aromatic rings. The van der Waals surface area contributed by atoms with E-state index in [-0.39, 0.29) is 6.61 Å². The molecule has 84 valence electrons. The zero-order valence-electron chi connectivity index (χ0n) is 9.04. The molecular weight excluding hydrogens is 210 g/mol. The number of halogens is 1. The van der Waals surface area contributed by atoms with Crippen molar-refractivity contribution < 1.29 is 5.11 Å². The van der Waals surface area contributed by atoms with E-state index in [1.54, 1.807) is 0 Å². The van der Waals surface area contributed by atoms with E-state index in [0.29, 0.717) is 6.04 Å². The number of hydrogen-bond acceptors (Lipinski definition) is 2. The van der Waals surface area contributed by atoms with Gasteiger partial charge in [0.1, 0.15) is 0 Å². The van der Waals surface area contributed by atoms with Crippen LogP contribution in [0.5, 0.6) is 0 Å². The SMILES string of the molecule is C[C@H](CCCO)NCc1cccc(Cl)c1. The van der Waals surface area contributed by atoms with E-state index in [9.17, 15) is 0 Å². The topological polar surface area (TPSA) is 32.3 Å². The van der Waals surface area contributed by atoms with Crippen LogP contribution < -0.4 is 5.32 Å². The average Bonchev–Trinajstić information content (AvgIpc) is 2.23. The van der Waals surface area contributed by atoms with Gasteiger partial charge in [0.15, 0.2) is 0 Å². The Morgan fingerprint density at radius 1 is 1.47 bits per heavy atom. The van der Waals surface area contributed by atoms with E-state index >= 15 is 0 Å². The highest BCUT2D eigenvalue weighted by Crippen LogP contribution is 2.10. The normalized spacial score (nSPS) is 12.7. The Labute approximate surface area is 96.3 Å². The summed E-state index contributed by atoms with van der Waals surface area (Å²) in [5.74, 6) is 0. The monoisotopic (exact) mass is 227 g/mol. The highest BCUT2D eigenvalue weighted by Gasteiger charge is 2.01. The minimum Gasteiger partial charge on any atom is -0.396 e. The lowest BCUT2D eigenvalue weighted by molar-refractivity contribution is 0.276. The second kappa shape index (κ2) is 6.83. The first-order chi connectivity index (χ1) is 7.22. The molecule has 0 saturated carbocycles. The Hall–Kier alpha value is -0.570. The molecule has 1 aromatic carbocycles. The van der Waals surface area contributed by atoms with Gasteiger partial charge in [0.25, 0.3) is 0 Å². The minimum atomic E-state index is 0.267. The fraction of sp³-hybridized carbons (Fsp3) is 0.500. The number of nitrogens with one attached hydrogen (secondary N) is 1. The molecule has 0 fully saturated rings. The van der Waals surface area contributed by atoms with Crippen LogP contribution in [0.25, 0.3) is 0 Å². The second-order valence-corrected chi connectivity index (χ2v) is 4.21. The third kappa shape index (κ3) is 5.17. The molecule has 0 unspecified atom stereocenters. The molecule has 1 atom stereocenters. The van der Waals surface area contributed by atoms with Crippen LogP contribution in [0.1, 0.15) is 25.3 Å². The summed E-state index contributed by atoms with van der Waals surface area (Å²) in [5, 5.41) is 12.9. The van der Waals surface area contributed by atoms with Crippen LogP contribution in [0, 0.1) is 0 Å². The maximum atomic E-state index is 8.69. The smallest absolute Gasteiger partial charge is 0.0431 e. The maximum Gasteiger partial charge on any atom is 0.0431 e. The molecule has 0 heterocycles. The summed E-state index contributed by atoms with van der Waals surface area (Å²) in [7, 11) is 0. The molecule has 0 aliphatic carbocycles. The second-order valence-electron chi connectivity index (χ2n) is 3.78. The quantitative estimate of drug-likeness (QED) is 0.783. The first-order valence-electron chi connectivity index (χ1n) is 5.31. The number of benzene rings is 1. The Balaban J connectivity index is 2.30. The zero-order valence-corrected chi connectivity index (χ0v) is 9.80. The molecule has 3 heteroatoms. The van der Waals surface area contributed by atoms with E-state index in [4.69, 9.17) is 16.7 Å². The van der Waals surface area contributed by atoms with Gasteiger partial charge in [-0.1, -0.05) is 23.7 Å². The molecule has 2 N–H and O–H groups in total. The summed E-state index contributed by atoms with van der Waals surface area (Å²) in [6.45, 7) is 3.22. The molecule has 0 spiro atoms. The third-order valence-corrected chi connectivity index (χ3v) is 2.57. The lowest BCUT2D eigenvalue weighted by Crippen LogP contribution is -2.25. The van der Waals surface area contributed by atoms with Crippen molar-refractivity contribution in [1.82, 2.24) is 5.32 Å². The fourth-order valence-electron chi connectivity index (χ4n) is 1.44. The Morgan fingerprint density at radius 3 is 2.93 bits per heavy atom. The summed E-state index contributed by atoms with van der Waals surface area (Å²) in [6, 6.07) is 8.28. The molecule has 0 bridgehead atoms. The van der Waals surface area contributed by atoms with Crippen LogP contribution in [-0.4, -0.2) is 17.8 Å². The molecule has 1 rings (SSSR count). The Bertz CT molecular complexity index is 291.